The number of carboxylic acids is 1. The van der Waals surface area contributed by atoms with Crippen molar-refractivity contribution in [2.75, 3.05) is 0 Å². The first-order valence-electron chi connectivity index (χ1n) is 9.56. The molecular weight excluding hydrogens is 427 g/mol. The summed E-state index contributed by atoms with van der Waals surface area (Å²) in [4.78, 5) is 22.4. The van der Waals surface area contributed by atoms with Gasteiger partial charge >= 0.3 is 12.1 Å². The summed E-state index contributed by atoms with van der Waals surface area (Å²) in [6.45, 7) is 3.33. The number of nitrogens with zero attached hydrogens (tertiary/aromatic N) is 2. The van der Waals surface area contributed by atoms with Gasteiger partial charge in [-0.1, -0.05) is 23.8 Å². The second-order valence-corrected chi connectivity index (χ2v) is 7.23. The Morgan fingerprint density at radius 2 is 1.75 bits per heavy atom. The van der Waals surface area contributed by atoms with E-state index in [4.69, 9.17) is 5.11 Å². The lowest BCUT2D eigenvalue weighted by Crippen LogP contribution is -2.20. The van der Waals surface area contributed by atoms with Gasteiger partial charge in [0.25, 0.3) is 0 Å². The van der Waals surface area contributed by atoms with Crippen LogP contribution in [0.15, 0.2) is 47.6 Å². The summed E-state index contributed by atoms with van der Waals surface area (Å²) in [5.41, 5.74) is 3.11. The lowest BCUT2D eigenvalue weighted by atomic mass is 10.1. The lowest BCUT2D eigenvalue weighted by molar-refractivity contribution is -0.139. The second kappa shape index (κ2) is 8.74. The number of aryl methyl sites for hydroxylation is 1. The number of carbonyl (C=O) groups excluding carboxylic acids is 1. The molecule has 1 amide bonds. The van der Waals surface area contributed by atoms with Gasteiger partial charge in [0.1, 0.15) is 0 Å². The Labute approximate surface area is 180 Å². The highest BCUT2D eigenvalue weighted by molar-refractivity contribution is 6.13. The first-order valence-corrected chi connectivity index (χ1v) is 9.56. The molecule has 0 fully saturated rings. The van der Waals surface area contributed by atoms with Gasteiger partial charge in [-0.3, -0.25) is 14.2 Å². The Balaban J connectivity index is 2.13. The van der Waals surface area contributed by atoms with Gasteiger partial charge in [0, 0.05) is 17.5 Å². The van der Waals surface area contributed by atoms with Gasteiger partial charge in [0.15, 0.2) is 0 Å². The molecule has 1 aromatic heterocycles. The molecule has 0 bridgehead atoms. The van der Waals surface area contributed by atoms with Crippen molar-refractivity contribution >= 4 is 28.5 Å². The van der Waals surface area contributed by atoms with Crippen LogP contribution in [-0.4, -0.2) is 32.4 Å². The van der Waals surface area contributed by atoms with Crippen molar-refractivity contribution in [1.29, 1.82) is 0 Å². The number of halogens is 3. The number of aromatic hydroxyl groups is 1. The molecule has 0 aliphatic heterocycles. The number of alkyl halides is 3. The van der Waals surface area contributed by atoms with Crippen LogP contribution in [0.4, 0.5) is 13.2 Å². The first-order chi connectivity index (χ1) is 15.0. The summed E-state index contributed by atoms with van der Waals surface area (Å²) >= 11 is 0. The van der Waals surface area contributed by atoms with Crippen molar-refractivity contribution in [2.24, 2.45) is 5.10 Å². The minimum Gasteiger partial charge on any atom is -0.494 e. The SMILES string of the molecule is C/C(=N/NC(=O)CCC(=O)O)c1c(O)n(-c2ccc(C)cc2)c2cc(C(F)(F)F)ccc12. The molecule has 3 rings (SSSR count). The summed E-state index contributed by atoms with van der Waals surface area (Å²) in [5, 5.41) is 23.8. The zero-order chi connectivity index (χ0) is 23.6. The number of benzene rings is 2. The van der Waals surface area contributed by atoms with Crippen molar-refractivity contribution in [3.8, 4) is 11.6 Å². The molecule has 2 aromatic carbocycles. The van der Waals surface area contributed by atoms with Crippen LogP contribution in [-0.2, 0) is 15.8 Å². The van der Waals surface area contributed by atoms with Gasteiger partial charge in [-0.2, -0.15) is 18.3 Å². The maximum atomic E-state index is 13.3. The zero-order valence-electron chi connectivity index (χ0n) is 17.2. The number of aromatic nitrogens is 1. The number of nitrogens with one attached hydrogen (secondary N) is 1. The molecule has 3 aromatic rings. The van der Waals surface area contributed by atoms with Crippen LogP contribution < -0.4 is 5.43 Å². The Morgan fingerprint density at radius 3 is 2.34 bits per heavy atom. The van der Waals surface area contributed by atoms with Crippen molar-refractivity contribution in [1.82, 2.24) is 9.99 Å². The predicted octanol–water partition coefficient (Wildman–Crippen LogP) is 4.37. The standard InChI is InChI=1S/C22H20F3N3O4/c1-12-3-6-15(7-4-12)28-17-11-14(22(23,24)25)5-8-16(17)20(21(28)32)13(2)26-27-18(29)9-10-19(30)31/h3-8,11,32H,9-10H2,1-2H3,(H,27,29)(H,30,31)/b26-13-. The molecule has 7 nitrogen and oxygen atoms in total. The van der Waals surface area contributed by atoms with Crippen molar-refractivity contribution < 1.29 is 33.0 Å². The van der Waals surface area contributed by atoms with E-state index < -0.39 is 23.6 Å². The predicted molar refractivity (Wildman–Crippen MR) is 112 cm³/mol. The summed E-state index contributed by atoms with van der Waals surface area (Å²) in [7, 11) is 0. The van der Waals surface area contributed by atoms with E-state index in [1.165, 1.54) is 17.6 Å². The van der Waals surface area contributed by atoms with Crippen molar-refractivity contribution in [3.05, 3.63) is 59.2 Å². The Kier molecular flexibility index (Phi) is 6.24. The minimum absolute atomic E-state index is 0.114. The van der Waals surface area contributed by atoms with Crippen LogP contribution in [0.2, 0.25) is 0 Å². The van der Waals surface area contributed by atoms with Gasteiger partial charge in [0.2, 0.25) is 11.8 Å². The van der Waals surface area contributed by atoms with E-state index in [9.17, 15) is 27.9 Å². The Hall–Kier alpha value is -3.82. The third kappa shape index (κ3) is 4.74. The molecule has 3 N–H and O–H groups in total. The van der Waals surface area contributed by atoms with Crippen LogP contribution in [0, 0.1) is 6.92 Å². The lowest BCUT2D eigenvalue weighted by Gasteiger charge is -2.10. The third-order valence-corrected chi connectivity index (χ3v) is 4.84. The normalized spacial score (nSPS) is 12.2. The summed E-state index contributed by atoms with van der Waals surface area (Å²) in [5.74, 6) is -2.13. The van der Waals surface area contributed by atoms with Crippen LogP contribution in [0.25, 0.3) is 16.6 Å². The number of carboxylic acid groups (broad SMARTS) is 1. The van der Waals surface area contributed by atoms with Gasteiger partial charge in [-0.05, 0) is 38.1 Å². The van der Waals surface area contributed by atoms with Crippen LogP contribution in [0.5, 0.6) is 5.88 Å². The van der Waals surface area contributed by atoms with Crippen LogP contribution >= 0.6 is 0 Å². The zero-order valence-corrected chi connectivity index (χ0v) is 17.2. The minimum atomic E-state index is -4.58. The molecule has 0 atom stereocenters. The number of carbonyl (C=O) groups is 2. The fraction of sp³-hybridized carbons (Fsp3) is 0.227. The average Bonchev–Trinajstić information content (AvgIpc) is 3.01. The number of rotatable bonds is 6. The van der Waals surface area contributed by atoms with E-state index in [1.54, 1.807) is 24.3 Å². The van der Waals surface area contributed by atoms with Gasteiger partial charge in [-0.25, -0.2) is 5.43 Å². The van der Waals surface area contributed by atoms with Crippen molar-refractivity contribution in [2.45, 2.75) is 32.9 Å². The topological polar surface area (TPSA) is 104 Å². The van der Waals surface area contributed by atoms with Crippen LogP contribution in [0.3, 0.4) is 0 Å². The number of amides is 1. The molecule has 0 radical (unpaired) electrons. The smallest absolute Gasteiger partial charge is 0.416 e. The quantitative estimate of drug-likeness (QED) is 0.386. The molecule has 0 aliphatic carbocycles. The molecule has 0 saturated heterocycles. The summed E-state index contributed by atoms with van der Waals surface area (Å²) < 4.78 is 41.3. The van der Waals surface area contributed by atoms with Gasteiger partial charge < -0.3 is 10.2 Å². The first kappa shape index (κ1) is 22.9. The molecule has 1 heterocycles. The number of hydrazone groups is 1. The molecule has 0 spiro atoms. The number of aliphatic carboxylic acids is 1. The maximum absolute atomic E-state index is 13.3. The highest BCUT2D eigenvalue weighted by atomic mass is 19.4. The fourth-order valence-electron chi connectivity index (χ4n) is 3.24. The fourth-order valence-corrected chi connectivity index (χ4v) is 3.24. The average molecular weight is 447 g/mol. The number of fused-ring (bicyclic) bond motifs is 1. The maximum Gasteiger partial charge on any atom is 0.416 e. The van der Waals surface area contributed by atoms with Gasteiger partial charge in [-0.15, -0.1) is 0 Å². The van der Waals surface area contributed by atoms with E-state index in [0.29, 0.717) is 11.1 Å². The molecule has 10 heteroatoms. The molecule has 32 heavy (non-hydrogen) atoms. The monoisotopic (exact) mass is 447 g/mol. The Morgan fingerprint density at radius 1 is 1.09 bits per heavy atom. The molecule has 0 aliphatic rings. The number of hydrogen-bond acceptors (Lipinski definition) is 4. The van der Waals surface area contributed by atoms with Crippen molar-refractivity contribution in [3.63, 3.8) is 0 Å². The molecule has 168 valence electrons. The largest absolute Gasteiger partial charge is 0.494 e. The third-order valence-electron chi connectivity index (χ3n) is 4.84. The van der Waals surface area contributed by atoms with E-state index in [0.717, 1.165) is 17.7 Å². The van der Waals surface area contributed by atoms with Gasteiger partial charge in [0.05, 0.1) is 28.8 Å². The highest BCUT2D eigenvalue weighted by Crippen LogP contribution is 2.38. The molecule has 0 unspecified atom stereocenters. The van der Waals surface area contributed by atoms with E-state index >= 15 is 0 Å². The Bertz CT molecular complexity index is 1210. The van der Waals surface area contributed by atoms with Crippen LogP contribution in [0.1, 0.15) is 36.5 Å². The molecular formula is C22H20F3N3O4. The molecule has 0 saturated carbocycles. The second-order valence-electron chi connectivity index (χ2n) is 7.23. The summed E-state index contributed by atoms with van der Waals surface area (Å²) in [6, 6.07) is 9.94. The highest BCUT2D eigenvalue weighted by Gasteiger charge is 2.32. The summed E-state index contributed by atoms with van der Waals surface area (Å²) in [6.07, 6.45) is -5.25. The van der Waals surface area contributed by atoms with E-state index in [1.807, 2.05) is 6.92 Å². The van der Waals surface area contributed by atoms with E-state index in [-0.39, 0.29) is 35.5 Å². The number of hydrogen-bond donors (Lipinski definition) is 3. The van der Waals surface area contributed by atoms with E-state index in [2.05, 4.69) is 10.5 Å².